The number of benzene rings is 2. The first kappa shape index (κ1) is 19.7. The highest BCUT2D eigenvalue weighted by molar-refractivity contribution is 6.46. The van der Waals surface area contributed by atoms with Gasteiger partial charge in [0, 0.05) is 12.1 Å². The number of carbonyl (C=O) groups excluding carboxylic acids is 2. The molecule has 2 aromatic carbocycles. The van der Waals surface area contributed by atoms with E-state index in [1.807, 2.05) is 25.1 Å². The van der Waals surface area contributed by atoms with E-state index in [1.165, 1.54) is 0 Å². The van der Waals surface area contributed by atoms with Gasteiger partial charge in [0.25, 0.3) is 11.7 Å². The highest BCUT2D eigenvalue weighted by atomic mass is 16.5. The summed E-state index contributed by atoms with van der Waals surface area (Å²) in [5, 5.41) is 2.66. The average Bonchev–Trinajstić information content (AvgIpc) is 2.66. The lowest BCUT2D eigenvalue weighted by molar-refractivity contribution is -0.112. The van der Waals surface area contributed by atoms with E-state index in [-0.39, 0.29) is 0 Å². The van der Waals surface area contributed by atoms with Crippen molar-refractivity contribution in [1.29, 1.82) is 0 Å². The first-order valence-electron chi connectivity index (χ1n) is 8.91. The zero-order chi connectivity index (χ0) is 18.9. The van der Waals surface area contributed by atoms with Gasteiger partial charge in [-0.25, -0.2) is 0 Å². The molecule has 0 radical (unpaired) electrons. The number of para-hydroxylation sites is 2. The van der Waals surface area contributed by atoms with Crippen LogP contribution in [0.5, 0.6) is 5.75 Å². The van der Waals surface area contributed by atoms with Crippen LogP contribution in [0.3, 0.4) is 0 Å². The summed E-state index contributed by atoms with van der Waals surface area (Å²) >= 11 is 0. The molecule has 0 unspecified atom stereocenters. The van der Waals surface area contributed by atoms with Gasteiger partial charge >= 0.3 is 0 Å². The van der Waals surface area contributed by atoms with Gasteiger partial charge in [0.15, 0.2) is 0 Å². The Hall–Kier alpha value is -2.66. The maximum absolute atomic E-state index is 12.3. The topological polar surface area (TPSA) is 58.6 Å². The number of aryl methyl sites for hydroxylation is 1. The van der Waals surface area contributed by atoms with Crippen molar-refractivity contribution >= 4 is 17.4 Å². The molecule has 26 heavy (non-hydrogen) atoms. The molecule has 0 aliphatic carbocycles. The van der Waals surface area contributed by atoms with Crippen molar-refractivity contribution in [3.8, 4) is 5.75 Å². The van der Waals surface area contributed by atoms with Gasteiger partial charge in [0.05, 0.1) is 5.69 Å². The summed E-state index contributed by atoms with van der Waals surface area (Å²) in [5.41, 5.74) is 1.90. The molecule has 0 saturated heterocycles. The average molecular weight is 354 g/mol. The van der Waals surface area contributed by atoms with Crippen molar-refractivity contribution in [3.63, 3.8) is 0 Å². The van der Waals surface area contributed by atoms with Crippen LogP contribution in [0.1, 0.15) is 29.8 Å². The smallest absolute Gasteiger partial charge is 0.296 e. The number of likely N-dealkylation sites (N-methyl/N-ethyl adjacent to an activating group) is 1. The van der Waals surface area contributed by atoms with Crippen LogP contribution in [0.25, 0.3) is 0 Å². The van der Waals surface area contributed by atoms with Crippen LogP contribution < -0.4 is 10.1 Å². The summed E-state index contributed by atoms with van der Waals surface area (Å²) in [4.78, 5) is 26.8. The Bertz CT molecular complexity index is 737. The lowest BCUT2D eigenvalue weighted by Crippen LogP contribution is -2.28. The third kappa shape index (κ3) is 5.43. The van der Waals surface area contributed by atoms with E-state index in [1.54, 1.807) is 30.3 Å². The molecule has 0 aliphatic heterocycles. The highest BCUT2D eigenvalue weighted by Gasteiger charge is 2.17. The van der Waals surface area contributed by atoms with E-state index >= 15 is 0 Å². The third-order valence-electron chi connectivity index (χ3n) is 4.21. The van der Waals surface area contributed by atoms with Crippen LogP contribution in [0.4, 0.5) is 5.69 Å². The molecule has 0 spiro atoms. The molecule has 0 saturated carbocycles. The van der Waals surface area contributed by atoms with E-state index < -0.39 is 11.7 Å². The second-order valence-electron chi connectivity index (χ2n) is 6.02. The second kappa shape index (κ2) is 9.73. The van der Waals surface area contributed by atoms with Crippen molar-refractivity contribution in [1.82, 2.24) is 4.90 Å². The van der Waals surface area contributed by atoms with Crippen molar-refractivity contribution < 1.29 is 14.3 Å². The van der Waals surface area contributed by atoms with Gasteiger partial charge in [-0.05, 0) is 32.1 Å². The Morgan fingerprint density at radius 3 is 2.31 bits per heavy atom. The minimum absolute atomic E-state index is 0.369. The summed E-state index contributed by atoms with van der Waals surface area (Å²) in [5.74, 6) is -0.679. The van der Waals surface area contributed by atoms with Gasteiger partial charge in [-0.3, -0.25) is 9.59 Å². The van der Waals surface area contributed by atoms with Gasteiger partial charge in [-0.2, -0.15) is 0 Å². The minimum atomic E-state index is -0.673. The zero-order valence-corrected chi connectivity index (χ0v) is 15.6. The number of Topliss-reactive ketones (excluding diaryl/α,β-unsaturated/α-hetero) is 1. The van der Waals surface area contributed by atoms with E-state index in [0.717, 1.165) is 25.2 Å². The Labute approximate surface area is 155 Å². The van der Waals surface area contributed by atoms with E-state index in [9.17, 15) is 9.59 Å². The molecular weight excluding hydrogens is 328 g/mol. The fourth-order valence-corrected chi connectivity index (χ4v) is 2.54. The molecule has 0 atom stereocenters. The van der Waals surface area contributed by atoms with Crippen molar-refractivity contribution in [2.24, 2.45) is 0 Å². The van der Waals surface area contributed by atoms with Crippen LogP contribution in [-0.2, 0) is 4.79 Å². The standard InChI is InChI=1S/C21H26N2O3/c1-4-23(5-2)14-15-26-19-9-7-6-8-18(19)22-21(25)20(24)17-12-10-16(3)11-13-17/h6-13H,4-5,14-15H2,1-3H3,(H,22,25). The first-order valence-corrected chi connectivity index (χ1v) is 8.91. The number of anilines is 1. The molecule has 2 aromatic rings. The van der Waals surface area contributed by atoms with Crippen molar-refractivity contribution in [2.75, 3.05) is 31.6 Å². The van der Waals surface area contributed by atoms with Crippen molar-refractivity contribution in [2.45, 2.75) is 20.8 Å². The summed E-state index contributed by atoms with van der Waals surface area (Å²) < 4.78 is 5.81. The quantitative estimate of drug-likeness (QED) is 0.553. The molecule has 5 nitrogen and oxygen atoms in total. The summed E-state index contributed by atoms with van der Waals surface area (Å²) in [6.45, 7) is 9.38. The Morgan fingerprint density at radius 2 is 1.65 bits per heavy atom. The molecule has 0 heterocycles. The summed E-state index contributed by atoms with van der Waals surface area (Å²) in [6, 6.07) is 14.1. The molecule has 0 fully saturated rings. The normalized spacial score (nSPS) is 10.6. The van der Waals surface area contributed by atoms with Gasteiger partial charge in [-0.15, -0.1) is 0 Å². The van der Waals surface area contributed by atoms with E-state index in [2.05, 4.69) is 24.1 Å². The highest BCUT2D eigenvalue weighted by Crippen LogP contribution is 2.24. The predicted octanol–water partition coefficient (Wildman–Crippen LogP) is 3.54. The third-order valence-corrected chi connectivity index (χ3v) is 4.21. The Balaban J connectivity index is 2.01. The minimum Gasteiger partial charge on any atom is -0.490 e. The Kier molecular flexibility index (Phi) is 7.36. The fraction of sp³-hybridized carbons (Fsp3) is 0.333. The SMILES string of the molecule is CCN(CC)CCOc1ccccc1NC(=O)C(=O)c1ccc(C)cc1. The maximum Gasteiger partial charge on any atom is 0.296 e. The number of ketones is 1. The molecule has 2 rings (SSSR count). The predicted molar refractivity (Wildman–Crippen MR) is 104 cm³/mol. The molecule has 0 bridgehead atoms. The van der Waals surface area contributed by atoms with Gasteiger partial charge in [-0.1, -0.05) is 55.8 Å². The molecule has 1 amide bonds. The first-order chi connectivity index (χ1) is 12.5. The molecule has 138 valence electrons. The largest absolute Gasteiger partial charge is 0.490 e. The monoisotopic (exact) mass is 354 g/mol. The second-order valence-corrected chi connectivity index (χ2v) is 6.02. The zero-order valence-electron chi connectivity index (χ0n) is 15.6. The number of hydrogen-bond donors (Lipinski definition) is 1. The van der Waals surface area contributed by atoms with E-state index in [4.69, 9.17) is 4.74 Å². The maximum atomic E-state index is 12.3. The summed E-state index contributed by atoms with van der Waals surface area (Å²) in [7, 11) is 0. The van der Waals surface area contributed by atoms with Crippen LogP contribution in [0.15, 0.2) is 48.5 Å². The molecule has 5 heteroatoms. The van der Waals surface area contributed by atoms with Gasteiger partial charge in [0.2, 0.25) is 0 Å². The molecular formula is C21H26N2O3. The van der Waals surface area contributed by atoms with Crippen LogP contribution >= 0.6 is 0 Å². The van der Waals surface area contributed by atoms with E-state index in [0.29, 0.717) is 23.6 Å². The van der Waals surface area contributed by atoms with Crippen LogP contribution in [0, 0.1) is 6.92 Å². The van der Waals surface area contributed by atoms with Crippen molar-refractivity contribution in [3.05, 3.63) is 59.7 Å². The number of hydrogen-bond acceptors (Lipinski definition) is 4. The lowest BCUT2D eigenvalue weighted by Gasteiger charge is -2.19. The summed E-state index contributed by atoms with van der Waals surface area (Å²) in [6.07, 6.45) is 0. The molecule has 0 aliphatic rings. The number of ether oxygens (including phenoxy) is 1. The van der Waals surface area contributed by atoms with Gasteiger partial charge < -0.3 is 15.0 Å². The number of amides is 1. The van der Waals surface area contributed by atoms with Crippen LogP contribution in [-0.4, -0.2) is 42.8 Å². The number of nitrogens with zero attached hydrogens (tertiary/aromatic N) is 1. The van der Waals surface area contributed by atoms with Gasteiger partial charge in [0.1, 0.15) is 12.4 Å². The molecule has 1 N–H and O–H groups in total. The Morgan fingerprint density at radius 1 is 1.00 bits per heavy atom. The fourth-order valence-electron chi connectivity index (χ4n) is 2.54. The number of carbonyl (C=O) groups is 2. The van der Waals surface area contributed by atoms with Crippen LogP contribution in [0.2, 0.25) is 0 Å². The lowest BCUT2D eigenvalue weighted by atomic mass is 10.1. The molecule has 0 aromatic heterocycles. The number of rotatable bonds is 9. The number of nitrogens with one attached hydrogen (secondary N) is 1.